The first kappa shape index (κ1) is 27.1. The number of ether oxygens (including phenoxy) is 2. The minimum Gasteiger partial charge on any atom is -0.489 e. The third-order valence-corrected chi connectivity index (χ3v) is 6.22. The van der Waals surface area contributed by atoms with E-state index in [1.807, 2.05) is 88.3 Å². The van der Waals surface area contributed by atoms with Gasteiger partial charge in [-0.3, -0.25) is 9.79 Å². The zero-order valence-electron chi connectivity index (χ0n) is 22.1. The first-order valence-electron chi connectivity index (χ1n) is 12.4. The molecular weight excluding hydrogens is 454 g/mol. The lowest BCUT2D eigenvalue weighted by Crippen LogP contribution is -2.42. The first-order valence-corrected chi connectivity index (χ1v) is 12.4. The Hall–Kier alpha value is -3.45. The molecule has 1 heterocycles. The number of hydrogen-bond donors (Lipinski definition) is 1. The number of carbonyl (C=O) groups excluding carboxylic acids is 2. The Morgan fingerprint density at radius 3 is 2.39 bits per heavy atom. The molecule has 2 atom stereocenters. The second-order valence-corrected chi connectivity index (χ2v) is 9.35. The van der Waals surface area contributed by atoms with E-state index in [9.17, 15) is 9.59 Å². The largest absolute Gasteiger partial charge is 0.489 e. The van der Waals surface area contributed by atoms with Crippen molar-refractivity contribution in [2.75, 3.05) is 33.8 Å². The van der Waals surface area contributed by atoms with Crippen molar-refractivity contribution in [2.45, 2.75) is 40.2 Å². The van der Waals surface area contributed by atoms with E-state index >= 15 is 0 Å². The average molecular weight is 492 g/mol. The van der Waals surface area contributed by atoms with E-state index in [2.05, 4.69) is 10.3 Å². The van der Waals surface area contributed by atoms with E-state index in [0.29, 0.717) is 42.4 Å². The number of hydrogen-bond acceptors (Lipinski definition) is 6. The summed E-state index contributed by atoms with van der Waals surface area (Å²) in [7, 11) is 3.84. The zero-order chi connectivity index (χ0) is 26.2. The van der Waals surface area contributed by atoms with Crippen LogP contribution in [-0.2, 0) is 20.9 Å². The van der Waals surface area contributed by atoms with Crippen LogP contribution in [0, 0.1) is 12.8 Å². The highest BCUT2D eigenvalue weighted by molar-refractivity contribution is 6.08. The summed E-state index contributed by atoms with van der Waals surface area (Å²) in [5.41, 5.74) is 4.57. The van der Waals surface area contributed by atoms with E-state index in [1.54, 1.807) is 6.92 Å². The monoisotopic (exact) mass is 491 g/mol. The summed E-state index contributed by atoms with van der Waals surface area (Å²) in [6, 6.07) is 15.7. The molecule has 1 aliphatic rings. The molecule has 2 unspecified atom stereocenters. The molecule has 0 aliphatic carbocycles. The summed E-state index contributed by atoms with van der Waals surface area (Å²) in [6.45, 7) is 9.24. The summed E-state index contributed by atoms with van der Waals surface area (Å²) < 4.78 is 11.9. The van der Waals surface area contributed by atoms with Crippen molar-refractivity contribution >= 4 is 17.6 Å². The molecule has 0 bridgehead atoms. The van der Waals surface area contributed by atoms with Crippen LogP contribution in [0.5, 0.6) is 5.75 Å². The number of nitrogens with zero attached hydrogens (tertiary/aromatic N) is 2. The molecule has 1 aliphatic heterocycles. The number of carbonyl (C=O) groups is 2. The smallest absolute Gasteiger partial charge is 0.336 e. The number of para-hydroxylation sites is 1. The standard InChI is InChI=1S/C29H37N3O4/c1-7-30-28(33)25-20(3)31-21(4)26(29(34)35-17-16-32(5)6)27(25)23-10-8-9-11-24(23)36-18-22-14-12-19(2)13-15-22/h8-15,25,27H,7,16-18H2,1-6H3,(H,30,33). The van der Waals surface area contributed by atoms with E-state index in [-0.39, 0.29) is 12.5 Å². The predicted octanol–water partition coefficient (Wildman–Crippen LogP) is 4.26. The Bertz CT molecular complexity index is 1140. The van der Waals surface area contributed by atoms with Gasteiger partial charge in [-0.15, -0.1) is 0 Å². The molecule has 7 heteroatoms. The highest BCUT2D eigenvalue weighted by atomic mass is 16.5. The number of esters is 1. The molecule has 1 N–H and O–H groups in total. The molecule has 2 aromatic rings. The Balaban J connectivity index is 2.02. The van der Waals surface area contributed by atoms with Crippen LogP contribution in [0.1, 0.15) is 43.4 Å². The molecule has 1 amide bonds. The summed E-state index contributed by atoms with van der Waals surface area (Å²) in [6.07, 6.45) is 0. The molecule has 0 aromatic heterocycles. The van der Waals surface area contributed by atoms with Crippen LogP contribution < -0.4 is 10.1 Å². The van der Waals surface area contributed by atoms with Crippen LogP contribution in [0.15, 0.2) is 64.8 Å². The number of benzene rings is 2. The summed E-state index contributed by atoms with van der Waals surface area (Å²) >= 11 is 0. The average Bonchev–Trinajstić information content (AvgIpc) is 2.83. The molecule has 3 rings (SSSR count). The highest BCUT2D eigenvalue weighted by Crippen LogP contribution is 2.43. The summed E-state index contributed by atoms with van der Waals surface area (Å²) in [5.74, 6) is -1.26. The number of aliphatic imine (C=N–C) groups is 1. The maximum absolute atomic E-state index is 13.4. The fourth-order valence-electron chi connectivity index (χ4n) is 4.38. The Morgan fingerprint density at radius 1 is 1.03 bits per heavy atom. The molecule has 2 aromatic carbocycles. The molecule has 36 heavy (non-hydrogen) atoms. The normalized spacial score (nSPS) is 17.6. The van der Waals surface area contributed by atoms with Crippen molar-refractivity contribution in [3.63, 3.8) is 0 Å². The van der Waals surface area contributed by atoms with Gasteiger partial charge in [0.15, 0.2) is 0 Å². The van der Waals surface area contributed by atoms with Gasteiger partial charge in [-0.05, 0) is 53.4 Å². The number of allylic oxidation sites excluding steroid dienone is 1. The maximum atomic E-state index is 13.4. The van der Waals surface area contributed by atoms with Gasteiger partial charge in [0, 0.05) is 36.0 Å². The SMILES string of the molecule is CCNC(=O)C1C(C)=NC(C)=C(C(=O)OCCN(C)C)C1c1ccccc1OCc1ccc(C)cc1. The number of rotatable bonds is 10. The van der Waals surface area contributed by atoms with Crippen molar-refractivity contribution in [1.82, 2.24) is 10.2 Å². The van der Waals surface area contributed by atoms with E-state index < -0.39 is 17.8 Å². The lowest BCUT2D eigenvalue weighted by molar-refractivity contribution is -0.139. The Labute approximate surface area is 214 Å². The van der Waals surface area contributed by atoms with E-state index in [1.165, 1.54) is 5.56 Å². The third-order valence-electron chi connectivity index (χ3n) is 6.22. The quantitative estimate of drug-likeness (QED) is 0.502. The predicted molar refractivity (Wildman–Crippen MR) is 142 cm³/mol. The highest BCUT2D eigenvalue weighted by Gasteiger charge is 2.42. The number of likely N-dealkylation sites (N-methyl/N-ethyl adjacent to an activating group) is 1. The number of nitrogens with one attached hydrogen (secondary N) is 1. The third kappa shape index (κ3) is 6.61. The molecule has 0 saturated heterocycles. The Kier molecular flexibility index (Phi) is 9.42. The fourth-order valence-corrected chi connectivity index (χ4v) is 4.38. The second-order valence-electron chi connectivity index (χ2n) is 9.35. The van der Waals surface area contributed by atoms with Gasteiger partial charge in [0.1, 0.15) is 19.0 Å². The molecule has 7 nitrogen and oxygen atoms in total. The second kappa shape index (κ2) is 12.5. The van der Waals surface area contributed by atoms with Gasteiger partial charge in [0.25, 0.3) is 0 Å². The van der Waals surface area contributed by atoms with Gasteiger partial charge in [-0.1, -0.05) is 48.0 Å². The van der Waals surface area contributed by atoms with E-state index in [4.69, 9.17) is 9.47 Å². The summed E-state index contributed by atoms with van der Waals surface area (Å²) in [5, 5.41) is 2.92. The van der Waals surface area contributed by atoms with Crippen molar-refractivity contribution < 1.29 is 19.1 Å². The number of aryl methyl sites for hydroxylation is 1. The molecule has 192 valence electrons. The zero-order valence-corrected chi connectivity index (χ0v) is 22.1. The maximum Gasteiger partial charge on any atom is 0.336 e. The van der Waals surface area contributed by atoms with Gasteiger partial charge in [-0.25, -0.2) is 4.79 Å². The molecular formula is C29H37N3O4. The topological polar surface area (TPSA) is 80.2 Å². The lowest BCUT2D eigenvalue weighted by Gasteiger charge is -2.33. The van der Waals surface area contributed by atoms with E-state index in [0.717, 1.165) is 11.1 Å². The lowest BCUT2D eigenvalue weighted by atomic mass is 9.75. The molecule has 0 saturated carbocycles. The van der Waals surface area contributed by atoms with Crippen molar-refractivity contribution in [1.29, 1.82) is 0 Å². The fraction of sp³-hybridized carbons (Fsp3) is 0.414. The van der Waals surface area contributed by atoms with Crippen molar-refractivity contribution in [3.05, 3.63) is 76.5 Å². The first-order chi connectivity index (χ1) is 17.2. The summed E-state index contributed by atoms with van der Waals surface area (Å²) in [4.78, 5) is 33.2. The van der Waals surface area contributed by atoms with Gasteiger partial charge in [0.05, 0.1) is 11.5 Å². The van der Waals surface area contributed by atoms with Crippen molar-refractivity contribution in [2.24, 2.45) is 10.9 Å². The van der Waals surface area contributed by atoms with Crippen LogP contribution in [0.25, 0.3) is 0 Å². The van der Waals surface area contributed by atoms with Gasteiger partial charge in [0.2, 0.25) is 5.91 Å². The van der Waals surface area contributed by atoms with Gasteiger partial charge < -0.3 is 19.7 Å². The van der Waals surface area contributed by atoms with Gasteiger partial charge in [-0.2, -0.15) is 0 Å². The van der Waals surface area contributed by atoms with Crippen molar-refractivity contribution in [3.8, 4) is 5.75 Å². The minimum absolute atomic E-state index is 0.178. The van der Waals surface area contributed by atoms with Gasteiger partial charge >= 0.3 is 5.97 Å². The molecule has 0 fully saturated rings. The molecule has 0 spiro atoms. The van der Waals surface area contributed by atoms with Crippen LogP contribution in [-0.4, -0.2) is 56.3 Å². The van der Waals surface area contributed by atoms with Crippen LogP contribution in [0.4, 0.5) is 0 Å². The Morgan fingerprint density at radius 2 is 1.72 bits per heavy atom. The van der Waals surface area contributed by atoms with Crippen LogP contribution in [0.2, 0.25) is 0 Å². The van der Waals surface area contributed by atoms with Crippen LogP contribution >= 0.6 is 0 Å². The molecule has 0 radical (unpaired) electrons. The van der Waals surface area contributed by atoms with Crippen LogP contribution in [0.3, 0.4) is 0 Å². The minimum atomic E-state index is -0.658. The number of amides is 1.